The molecule has 62 valence electrons. The molecule has 5 heteroatoms. The number of aliphatic hydroxyl groups is 3. The average molecular weight is 170 g/mol. The third-order valence-electron chi connectivity index (χ3n) is 1.59. The van der Waals surface area contributed by atoms with Gasteiger partial charge in [-0.2, -0.15) is 0 Å². The van der Waals surface area contributed by atoms with Crippen LogP contribution in [-0.2, 0) is 0 Å². The standard InChI is InChI=1S/C5H11NO3.ClH/c7-2-3-5(9)4(8)1-6-3;/h3-9H,1-2H2;1H/t3-,4-,5+;/m0./s1. The highest BCUT2D eigenvalue weighted by molar-refractivity contribution is 5.85. The Hall–Kier alpha value is 0.130. The maximum absolute atomic E-state index is 8.98. The van der Waals surface area contributed by atoms with Crippen LogP contribution in [0.1, 0.15) is 0 Å². The van der Waals surface area contributed by atoms with Gasteiger partial charge in [-0.15, -0.1) is 12.4 Å². The van der Waals surface area contributed by atoms with E-state index in [4.69, 9.17) is 15.3 Å². The van der Waals surface area contributed by atoms with E-state index in [2.05, 4.69) is 5.32 Å². The Morgan fingerprint density at radius 2 is 2.00 bits per heavy atom. The Bertz CT molecular complexity index is 103. The first-order chi connectivity index (χ1) is 4.25. The molecule has 0 saturated carbocycles. The third-order valence-corrected chi connectivity index (χ3v) is 1.59. The minimum atomic E-state index is -0.810. The molecule has 0 aromatic rings. The van der Waals surface area contributed by atoms with E-state index in [1.807, 2.05) is 0 Å². The molecular formula is C5H12ClNO3. The lowest BCUT2D eigenvalue weighted by atomic mass is 10.1. The zero-order chi connectivity index (χ0) is 6.85. The summed E-state index contributed by atoms with van der Waals surface area (Å²) in [6.07, 6.45) is -1.53. The van der Waals surface area contributed by atoms with E-state index in [1.54, 1.807) is 0 Å². The first-order valence-corrected chi connectivity index (χ1v) is 2.96. The molecule has 3 atom stereocenters. The molecular weight excluding hydrogens is 158 g/mol. The fourth-order valence-corrected chi connectivity index (χ4v) is 0.954. The molecule has 0 amide bonds. The van der Waals surface area contributed by atoms with Crippen LogP contribution in [0.3, 0.4) is 0 Å². The van der Waals surface area contributed by atoms with Crippen molar-refractivity contribution in [2.75, 3.05) is 13.2 Å². The van der Waals surface area contributed by atoms with Crippen molar-refractivity contribution in [1.82, 2.24) is 5.32 Å². The lowest BCUT2D eigenvalue weighted by Gasteiger charge is -2.11. The van der Waals surface area contributed by atoms with E-state index < -0.39 is 12.2 Å². The summed E-state index contributed by atoms with van der Waals surface area (Å²) in [4.78, 5) is 0. The topological polar surface area (TPSA) is 72.7 Å². The van der Waals surface area contributed by atoms with Gasteiger partial charge < -0.3 is 20.6 Å². The first kappa shape index (κ1) is 10.1. The number of halogens is 1. The second-order valence-corrected chi connectivity index (χ2v) is 2.26. The Labute approximate surface area is 65.3 Å². The second-order valence-electron chi connectivity index (χ2n) is 2.26. The predicted octanol–water partition coefficient (Wildman–Crippen LogP) is -1.91. The van der Waals surface area contributed by atoms with Crippen LogP contribution < -0.4 is 5.32 Å². The molecule has 4 nitrogen and oxygen atoms in total. The summed E-state index contributed by atoms with van der Waals surface area (Å²) < 4.78 is 0. The van der Waals surface area contributed by atoms with Gasteiger partial charge in [0.25, 0.3) is 0 Å². The van der Waals surface area contributed by atoms with Gasteiger partial charge in [0.2, 0.25) is 0 Å². The Kier molecular flexibility index (Phi) is 4.15. The van der Waals surface area contributed by atoms with Gasteiger partial charge in [-0.25, -0.2) is 0 Å². The van der Waals surface area contributed by atoms with Crippen LogP contribution in [0, 0.1) is 0 Å². The van der Waals surface area contributed by atoms with Crippen molar-refractivity contribution in [3.63, 3.8) is 0 Å². The van der Waals surface area contributed by atoms with Gasteiger partial charge in [0.05, 0.1) is 24.9 Å². The zero-order valence-corrected chi connectivity index (χ0v) is 6.21. The lowest BCUT2D eigenvalue weighted by molar-refractivity contribution is 0.0295. The summed E-state index contributed by atoms with van der Waals surface area (Å²) in [5, 5.41) is 29.1. The monoisotopic (exact) mass is 169 g/mol. The lowest BCUT2D eigenvalue weighted by Crippen LogP contribution is -2.35. The number of aliphatic hydroxyl groups excluding tert-OH is 3. The van der Waals surface area contributed by atoms with Crippen molar-refractivity contribution in [3.05, 3.63) is 0 Å². The average Bonchev–Trinajstić information content (AvgIpc) is 2.15. The smallest absolute Gasteiger partial charge is 0.0986 e. The molecule has 1 fully saturated rings. The van der Waals surface area contributed by atoms with Gasteiger partial charge in [0.15, 0.2) is 0 Å². The summed E-state index contributed by atoms with van der Waals surface area (Å²) in [6.45, 7) is 0.241. The second kappa shape index (κ2) is 4.10. The van der Waals surface area contributed by atoms with E-state index in [-0.39, 0.29) is 25.1 Å². The van der Waals surface area contributed by atoms with Gasteiger partial charge in [0.1, 0.15) is 0 Å². The normalized spacial score (nSPS) is 39.3. The quantitative estimate of drug-likeness (QED) is 0.370. The van der Waals surface area contributed by atoms with Crippen LogP contribution >= 0.6 is 12.4 Å². The van der Waals surface area contributed by atoms with Gasteiger partial charge in [-0.3, -0.25) is 0 Å². The van der Waals surface area contributed by atoms with Crippen LogP contribution in [0.15, 0.2) is 0 Å². The van der Waals surface area contributed by atoms with E-state index in [0.717, 1.165) is 0 Å². The number of hydrogen-bond acceptors (Lipinski definition) is 4. The summed E-state index contributed by atoms with van der Waals surface area (Å²) >= 11 is 0. The molecule has 10 heavy (non-hydrogen) atoms. The maximum Gasteiger partial charge on any atom is 0.0986 e. The Balaban J connectivity index is 0.000000810. The molecule has 4 N–H and O–H groups in total. The number of rotatable bonds is 1. The first-order valence-electron chi connectivity index (χ1n) is 2.96. The van der Waals surface area contributed by atoms with E-state index in [1.165, 1.54) is 0 Å². The van der Waals surface area contributed by atoms with Crippen molar-refractivity contribution in [1.29, 1.82) is 0 Å². The molecule has 1 aliphatic rings. The maximum atomic E-state index is 8.98. The van der Waals surface area contributed by atoms with Gasteiger partial charge >= 0.3 is 0 Å². The van der Waals surface area contributed by atoms with E-state index >= 15 is 0 Å². The van der Waals surface area contributed by atoms with Crippen molar-refractivity contribution in [2.24, 2.45) is 0 Å². The zero-order valence-electron chi connectivity index (χ0n) is 5.40. The number of hydrogen-bond donors (Lipinski definition) is 4. The van der Waals surface area contributed by atoms with Crippen LogP contribution in [0.2, 0.25) is 0 Å². The molecule has 1 rings (SSSR count). The van der Waals surface area contributed by atoms with Crippen LogP contribution in [0.25, 0.3) is 0 Å². The minimum Gasteiger partial charge on any atom is -0.395 e. The number of β-amino-alcohol motifs (C(OH)–C–C–N with tert-alkyl or cyclic N) is 1. The highest BCUT2D eigenvalue weighted by atomic mass is 35.5. The van der Waals surface area contributed by atoms with Gasteiger partial charge in [-0.05, 0) is 0 Å². The molecule has 0 radical (unpaired) electrons. The van der Waals surface area contributed by atoms with Crippen molar-refractivity contribution < 1.29 is 15.3 Å². The fourth-order valence-electron chi connectivity index (χ4n) is 0.954. The molecule has 1 heterocycles. The largest absolute Gasteiger partial charge is 0.395 e. The molecule has 0 aliphatic carbocycles. The van der Waals surface area contributed by atoms with Crippen molar-refractivity contribution >= 4 is 12.4 Å². The van der Waals surface area contributed by atoms with Crippen molar-refractivity contribution in [2.45, 2.75) is 18.2 Å². The third kappa shape index (κ3) is 1.81. The summed E-state index contributed by atoms with van der Waals surface area (Å²) in [5.41, 5.74) is 0. The molecule has 1 aliphatic heterocycles. The van der Waals surface area contributed by atoms with Gasteiger partial charge in [0, 0.05) is 6.54 Å². The minimum absolute atomic E-state index is 0. The molecule has 0 bridgehead atoms. The predicted molar refractivity (Wildman–Crippen MR) is 38.1 cm³/mol. The summed E-state index contributed by atoms with van der Waals surface area (Å²) in [5.74, 6) is 0. The molecule has 0 aromatic carbocycles. The molecule has 0 spiro atoms. The van der Waals surface area contributed by atoms with Crippen LogP contribution in [0.4, 0.5) is 0 Å². The summed E-state index contributed by atoms with van der Waals surface area (Å²) in [6, 6.07) is -0.347. The summed E-state index contributed by atoms with van der Waals surface area (Å²) in [7, 11) is 0. The Morgan fingerprint density at radius 1 is 1.40 bits per heavy atom. The highest BCUT2D eigenvalue weighted by Gasteiger charge is 2.31. The van der Waals surface area contributed by atoms with E-state index in [9.17, 15) is 0 Å². The molecule has 0 unspecified atom stereocenters. The van der Waals surface area contributed by atoms with Crippen LogP contribution in [0.5, 0.6) is 0 Å². The van der Waals surface area contributed by atoms with Crippen LogP contribution in [-0.4, -0.2) is 46.7 Å². The number of nitrogens with one attached hydrogen (secondary N) is 1. The fraction of sp³-hybridized carbons (Fsp3) is 1.00. The highest BCUT2D eigenvalue weighted by Crippen LogP contribution is 2.05. The van der Waals surface area contributed by atoms with Crippen molar-refractivity contribution in [3.8, 4) is 0 Å². The Morgan fingerprint density at radius 3 is 2.20 bits per heavy atom. The molecule has 1 saturated heterocycles. The van der Waals surface area contributed by atoms with E-state index in [0.29, 0.717) is 6.54 Å². The molecule has 0 aromatic heterocycles. The van der Waals surface area contributed by atoms with Gasteiger partial charge in [-0.1, -0.05) is 0 Å². The SMILES string of the molecule is Cl.OC[C@@H]1NC[C@H](O)[C@@H]1O.